The van der Waals surface area contributed by atoms with Crippen LogP contribution in [0.4, 0.5) is 0 Å². The average molecular weight is 242 g/mol. The predicted molar refractivity (Wildman–Crippen MR) is 74.8 cm³/mol. The van der Waals surface area contributed by atoms with Crippen molar-refractivity contribution >= 4 is 11.3 Å². The van der Waals surface area contributed by atoms with E-state index in [1.54, 1.807) is 11.1 Å². The van der Waals surface area contributed by atoms with Crippen molar-refractivity contribution in [1.29, 1.82) is 0 Å². The molecule has 0 aliphatic heterocycles. The van der Waals surface area contributed by atoms with Crippen LogP contribution in [0.5, 0.6) is 0 Å². The lowest BCUT2D eigenvalue weighted by molar-refractivity contribution is 0.267. The first kappa shape index (κ1) is 11.0. The second-order valence-electron chi connectivity index (χ2n) is 6.01. The fraction of sp³-hybridized carbons (Fsp3) is 0.375. The summed E-state index contributed by atoms with van der Waals surface area (Å²) in [7, 11) is 0. The molecule has 0 N–H and O–H groups in total. The van der Waals surface area contributed by atoms with Gasteiger partial charge in [-0.05, 0) is 32.9 Å². The van der Waals surface area contributed by atoms with Gasteiger partial charge in [0.2, 0.25) is 0 Å². The van der Waals surface area contributed by atoms with Crippen molar-refractivity contribution in [2.75, 3.05) is 0 Å². The van der Waals surface area contributed by atoms with E-state index in [1.165, 1.54) is 5.56 Å². The minimum atomic E-state index is 0.342. The van der Waals surface area contributed by atoms with Gasteiger partial charge in [-0.2, -0.15) is 11.3 Å². The van der Waals surface area contributed by atoms with E-state index in [9.17, 15) is 0 Å². The van der Waals surface area contributed by atoms with E-state index >= 15 is 0 Å². The molecule has 1 aromatic heterocycles. The number of fused-ring (bicyclic) bond motifs is 1. The molecule has 2 unspecified atom stereocenters. The maximum atomic E-state index is 2.36. The molecule has 3 rings (SSSR count). The van der Waals surface area contributed by atoms with Gasteiger partial charge in [0, 0.05) is 11.8 Å². The second kappa shape index (κ2) is 3.71. The Kier molecular flexibility index (Phi) is 2.41. The minimum absolute atomic E-state index is 0.342. The molecule has 88 valence electrons. The van der Waals surface area contributed by atoms with E-state index in [0.717, 1.165) is 0 Å². The molecule has 1 aliphatic carbocycles. The van der Waals surface area contributed by atoms with Crippen LogP contribution < -0.4 is 0 Å². The normalized spacial score (nSPS) is 23.0. The van der Waals surface area contributed by atoms with Gasteiger partial charge < -0.3 is 0 Å². The highest BCUT2D eigenvalue weighted by Crippen LogP contribution is 2.59. The van der Waals surface area contributed by atoms with E-state index in [4.69, 9.17) is 0 Å². The Hall–Kier alpha value is -1.08. The maximum absolute atomic E-state index is 2.36. The molecule has 0 bridgehead atoms. The summed E-state index contributed by atoms with van der Waals surface area (Å²) in [5.41, 5.74) is 4.95. The molecule has 2 atom stereocenters. The first-order valence-electron chi connectivity index (χ1n) is 6.20. The highest BCUT2D eigenvalue weighted by Gasteiger charge is 2.45. The monoisotopic (exact) mass is 242 g/mol. The molecule has 17 heavy (non-hydrogen) atoms. The van der Waals surface area contributed by atoms with Crippen molar-refractivity contribution in [3.05, 3.63) is 57.8 Å². The molecule has 0 saturated carbocycles. The van der Waals surface area contributed by atoms with Gasteiger partial charge in [0.05, 0.1) is 0 Å². The Morgan fingerprint density at radius 3 is 2.24 bits per heavy atom. The van der Waals surface area contributed by atoms with Crippen LogP contribution in [0.1, 0.15) is 49.3 Å². The van der Waals surface area contributed by atoms with Gasteiger partial charge >= 0.3 is 0 Å². The fourth-order valence-corrected chi connectivity index (χ4v) is 4.01. The summed E-state index contributed by atoms with van der Waals surface area (Å²) in [5, 5.41) is 4.67. The Bertz CT molecular complexity index is 516. The van der Waals surface area contributed by atoms with Crippen molar-refractivity contribution in [2.24, 2.45) is 5.41 Å². The SMILES string of the molecule is CC(C)(C)C1c2cscc2C1c1ccccc1. The molecule has 1 heteroatoms. The number of hydrogen-bond donors (Lipinski definition) is 0. The molecule has 0 fully saturated rings. The van der Waals surface area contributed by atoms with E-state index in [1.807, 2.05) is 11.3 Å². The number of thiophene rings is 1. The van der Waals surface area contributed by atoms with Gasteiger partial charge in [0.15, 0.2) is 0 Å². The zero-order valence-corrected chi connectivity index (χ0v) is 11.4. The Morgan fingerprint density at radius 1 is 0.941 bits per heavy atom. The standard InChI is InChI=1S/C16H18S/c1-16(2,3)15-13-10-17-9-12(13)14(15)11-7-5-4-6-8-11/h4-10,14-15H,1-3H3. The van der Waals surface area contributed by atoms with Crippen molar-refractivity contribution in [2.45, 2.75) is 32.6 Å². The van der Waals surface area contributed by atoms with Crippen molar-refractivity contribution < 1.29 is 0 Å². The molecular weight excluding hydrogens is 224 g/mol. The average Bonchev–Trinajstić information content (AvgIpc) is 2.61. The van der Waals surface area contributed by atoms with Gasteiger partial charge in [-0.1, -0.05) is 51.1 Å². The van der Waals surface area contributed by atoms with Crippen LogP contribution >= 0.6 is 11.3 Å². The summed E-state index contributed by atoms with van der Waals surface area (Å²) in [6.07, 6.45) is 0. The lowest BCUT2D eigenvalue weighted by atomic mass is 9.57. The maximum Gasteiger partial charge on any atom is 0.0174 e. The molecule has 1 heterocycles. The van der Waals surface area contributed by atoms with Crippen LogP contribution in [0.15, 0.2) is 41.1 Å². The first-order valence-corrected chi connectivity index (χ1v) is 7.14. The van der Waals surface area contributed by atoms with Gasteiger partial charge in [-0.25, -0.2) is 0 Å². The molecule has 1 aromatic carbocycles. The predicted octanol–water partition coefficient (Wildman–Crippen LogP) is 5.02. The first-order chi connectivity index (χ1) is 8.09. The molecule has 0 nitrogen and oxygen atoms in total. The summed E-state index contributed by atoms with van der Waals surface area (Å²) in [6, 6.07) is 10.9. The lowest BCUT2D eigenvalue weighted by Gasteiger charge is -2.45. The Morgan fingerprint density at radius 2 is 1.59 bits per heavy atom. The third-order valence-electron chi connectivity index (χ3n) is 3.82. The molecule has 0 saturated heterocycles. The van der Waals surface area contributed by atoms with E-state index in [-0.39, 0.29) is 0 Å². The summed E-state index contributed by atoms with van der Waals surface area (Å²) in [6.45, 7) is 7.07. The third-order valence-corrected chi connectivity index (χ3v) is 4.60. The highest BCUT2D eigenvalue weighted by molar-refractivity contribution is 7.08. The zero-order chi connectivity index (χ0) is 12.0. The van der Waals surface area contributed by atoms with E-state index in [2.05, 4.69) is 61.9 Å². The smallest absolute Gasteiger partial charge is 0.0174 e. The quantitative estimate of drug-likeness (QED) is 0.658. The summed E-state index contributed by atoms with van der Waals surface area (Å²) in [4.78, 5) is 0. The van der Waals surface area contributed by atoms with Crippen LogP contribution in [0.25, 0.3) is 0 Å². The van der Waals surface area contributed by atoms with Gasteiger partial charge in [0.1, 0.15) is 0 Å². The van der Waals surface area contributed by atoms with Crippen LogP contribution in [0.3, 0.4) is 0 Å². The van der Waals surface area contributed by atoms with Crippen LogP contribution in [-0.2, 0) is 0 Å². The van der Waals surface area contributed by atoms with Gasteiger partial charge in [-0.3, -0.25) is 0 Å². The summed E-state index contributed by atoms with van der Waals surface area (Å²) < 4.78 is 0. The van der Waals surface area contributed by atoms with E-state index < -0.39 is 0 Å². The van der Waals surface area contributed by atoms with Crippen molar-refractivity contribution in [1.82, 2.24) is 0 Å². The molecule has 0 spiro atoms. The minimum Gasteiger partial charge on any atom is -0.152 e. The third kappa shape index (κ3) is 1.64. The van der Waals surface area contributed by atoms with Crippen molar-refractivity contribution in [3.63, 3.8) is 0 Å². The Labute approximate surface area is 107 Å². The van der Waals surface area contributed by atoms with E-state index in [0.29, 0.717) is 17.3 Å². The van der Waals surface area contributed by atoms with Gasteiger partial charge in [-0.15, -0.1) is 0 Å². The molecule has 1 aliphatic rings. The number of benzene rings is 1. The summed E-state index contributed by atoms with van der Waals surface area (Å²) >= 11 is 1.85. The van der Waals surface area contributed by atoms with Crippen LogP contribution in [0, 0.1) is 5.41 Å². The topological polar surface area (TPSA) is 0 Å². The lowest BCUT2D eigenvalue weighted by Crippen LogP contribution is -2.33. The number of hydrogen-bond acceptors (Lipinski definition) is 1. The van der Waals surface area contributed by atoms with Crippen LogP contribution in [-0.4, -0.2) is 0 Å². The molecule has 2 aromatic rings. The van der Waals surface area contributed by atoms with Crippen molar-refractivity contribution in [3.8, 4) is 0 Å². The zero-order valence-electron chi connectivity index (χ0n) is 10.6. The Balaban J connectivity index is 2.07. The van der Waals surface area contributed by atoms with Crippen LogP contribution in [0.2, 0.25) is 0 Å². The highest BCUT2D eigenvalue weighted by atomic mass is 32.1. The van der Waals surface area contributed by atoms with Gasteiger partial charge in [0.25, 0.3) is 0 Å². The molecule has 0 amide bonds. The fourth-order valence-electron chi connectivity index (χ4n) is 3.08. The number of rotatable bonds is 1. The molecule has 0 radical (unpaired) electrons. The largest absolute Gasteiger partial charge is 0.152 e. The summed E-state index contributed by atoms with van der Waals surface area (Å²) in [5.74, 6) is 1.28. The molecular formula is C16H18S. The second-order valence-corrected chi connectivity index (χ2v) is 6.76.